The van der Waals surface area contributed by atoms with Gasteiger partial charge in [0.05, 0.1) is 5.41 Å². The predicted octanol–water partition coefficient (Wildman–Crippen LogP) is 4.29. The van der Waals surface area contributed by atoms with Crippen LogP contribution in [0.25, 0.3) is 11.1 Å². The Balaban J connectivity index is 2.42. The average molecular weight is 269 g/mol. The first-order valence-electron chi connectivity index (χ1n) is 6.22. The van der Waals surface area contributed by atoms with Gasteiger partial charge in [-0.2, -0.15) is 0 Å². The van der Waals surface area contributed by atoms with Crippen molar-refractivity contribution in [1.29, 1.82) is 0 Å². The molecule has 0 aromatic heterocycles. The molecule has 2 aromatic carbocycles. The Morgan fingerprint density at radius 1 is 1.05 bits per heavy atom. The maximum absolute atomic E-state index is 12.2. The predicted molar refractivity (Wildman–Crippen MR) is 78.3 cm³/mol. The summed E-state index contributed by atoms with van der Waals surface area (Å²) in [6.07, 6.45) is 2.28. The molecule has 0 saturated carbocycles. The van der Waals surface area contributed by atoms with Crippen LogP contribution in [0.3, 0.4) is 0 Å². The van der Waals surface area contributed by atoms with E-state index in [1.54, 1.807) is 6.08 Å². The summed E-state index contributed by atoms with van der Waals surface area (Å²) in [6, 6.07) is 15.9. The molecule has 0 bridgehead atoms. The molecule has 0 aliphatic heterocycles. The van der Waals surface area contributed by atoms with E-state index in [2.05, 4.69) is 6.58 Å². The maximum atomic E-state index is 12.2. The molecule has 0 amide bonds. The standard InChI is InChI=1S/C17H13ClO/c1-2-11-17(16(18)19)14-9-5-3-7-12(14)13-8-4-6-10-15(13)17/h2-10H,1,11H2. The number of carbonyl (C=O) groups is 1. The topological polar surface area (TPSA) is 17.1 Å². The van der Waals surface area contributed by atoms with Crippen molar-refractivity contribution in [3.05, 3.63) is 72.3 Å². The van der Waals surface area contributed by atoms with E-state index < -0.39 is 5.41 Å². The normalized spacial score (nSPS) is 14.6. The molecule has 2 aromatic rings. The van der Waals surface area contributed by atoms with Crippen molar-refractivity contribution >= 4 is 16.8 Å². The van der Waals surface area contributed by atoms with Crippen LogP contribution in [0, 0.1) is 0 Å². The Kier molecular flexibility index (Phi) is 2.79. The van der Waals surface area contributed by atoms with E-state index in [0.717, 1.165) is 22.3 Å². The zero-order valence-corrected chi connectivity index (χ0v) is 11.2. The molecule has 0 heterocycles. The van der Waals surface area contributed by atoms with Crippen molar-refractivity contribution in [2.24, 2.45) is 0 Å². The van der Waals surface area contributed by atoms with E-state index in [4.69, 9.17) is 11.6 Å². The van der Waals surface area contributed by atoms with Crippen molar-refractivity contribution in [3.8, 4) is 11.1 Å². The summed E-state index contributed by atoms with van der Waals surface area (Å²) in [5.41, 5.74) is 3.37. The molecule has 0 radical (unpaired) electrons. The third-order valence-electron chi connectivity index (χ3n) is 3.85. The van der Waals surface area contributed by atoms with Crippen LogP contribution in [-0.4, -0.2) is 5.24 Å². The van der Waals surface area contributed by atoms with Crippen LogP contribution in [0.1, 0.15) is 17.5 Å². The number of rotatable bonds is 3. The molecule has 0 N–H and O–H groups in total. The van der Waals surface area contributed by atoms with E-state index in [1.807, 2.05) is 48.5 Å². The number of benzene rings is 2. The summed E-state index contributed by atoms with van der Waals surface area (Å²) >= 11 is 5.99. The smallest absolute Gasteiger partial charge is 0.236 e. The Morgan fingerprint density at radius 2 is 1.53 bits per heavy atom. The third kappa shape index (κ3) is 1.52. The van der Waals surface area contributed by atoms with E-state index in [9.17, 15) is 4.79 Å². The zero-order valence-electron chi connectivity index (χ0n) is 10.4. The van der Waals surface area contributed by atoms with Gasteiger partial charge in [-0.25, -0.2) is 0 Å². The number of carbonyl (C=O) groups excluding carboxylic acids is 1. The molecule has 0 spiro atoms. The molecule has 1 nitrogen and oxygen atoms in total. The van der Waals surface area contributed by atoms with Gasteiger partial charge >= 0.3 is 0 Å². The number of allylic oxidation sites excluding steroid dienone is 1. The van der Waals surface area contributed by atoms with Gasteiger partial charge in [0.25, 0.3) is 0 Å². The summed E-state index contributed by atoms with van der Waals surface area (Å²) in [6.45, 7) is 3.79. The van der Waals surface area contributed by atoms with Gasteiger partial charge in [-0.05, 0) is 40.3 Å². The van der Waals surface area contributed by atoms with Crippen molar-refractivity contribution in [3.63, 3.8) is 0 Å². The molecular weight excluding hydrogens is 256 g/mol. The SMILES string of the molecule is C=CCC1(C(=O)Cl)c2ccccc2-c2ccccc21. The molecular formula is C17H13ClO. The molecule has 94 valence electrons. The fraction of sp³-hybridized carbons (Fsp3) is 0.118. The second-order valence-corrected chi connectivity index (χ2v) is 5.11. The number of halogens is 1. The Bertz CT molecular complexity index is 627. The lowest BCUT2D eigenvalue weighted by Crippen LogP contribution is -2.31. The Labute approximate surface area is 117 Å². The summed E-state index contributed by atoms with van der Waals surface area (Å²) in [7, 11) is 0. The molecule has 0 fully saturated rings. The maximum Gasteiger partial charge on any atom is 0.236 e. The molecule has 2 heteroatoms. The third-order valence-corrected chi connectivity index (χ3v) is 4.17. The fourth-order valence-corrected chi connectivity index (χ4v) is 3.33. The molecule has 0 saturated heterocycles. The van der Waals surface area contributed by atoms with E-state index in [1.165, 1.54) is 0 Å². The van der Waals surface area contributed by atoms with Crippen LogP contribution >= 0.6 is 11.6 Å². The minimum atomic E-state index is -0.781. The van der Waals surface area contributed by atoms with Gasteiger partial charge in [0, 0.05) is 0 Å². The van der Waals surface area contributed by atoms with Gasteiger partial charge < -0.3 is 0 Å². The first-order valence-corrected chi connectivity index (χ1v) is 6.60. The van der Waals surface area contributed by atoms with Gasteiger partial charge in [0.15, 0.2) is 0 Å². The number of fused-ring (bicyclic) bond motifs is 3. The Hall–Kier alpha value is -1.86. The average Bonchev–Trinajstić information content (AvgIpc) is 2.72. The zero-order chi connectivity index (χ0) is 13.5. The van der Waals surface area contributed by atoms with Gasteiger partial charge in [-0.3, -0.25) is 4.79 Å². The van der Waals surface area contributed by atoms with Gasteiger partial charge in [-0.1, -0.05) is 54.6 Å². The highest BCUT2D eigenvalue weighted by atomic mass is 35.5. The van der Waals surface area contributed by atoms with Gasteiger partial charge in [0.1, 0.15) is 0 Å². The van der Waals surface area contributed by atoms with Crippen LogP contribution in [0.2, 0.25) is 0 Å². The first-order chi connectivity index (χ1) is 9.21. The lowest BCUT2D eigenvalue weighted by molar-refractivity contribution is -0.115. The largest absolute Gasteiger partial charge is 0.280 e. The lowest BCUT2D eigenvalue weighted by Gasteiger charge is -2.26. The summed E-state index contributed by atoms with van der Waals surface area (Å²) in [4.78, 5) is 12.2. The van der Waals surface area contributed by atoms with E-state index >= 15 is 0 Å². The molecule has 0 atom stereocenters. The van der Waals surface area contributed by atoms with Crippen molar-refractivity contribution in [2.75, 3.05) is 0 Å². The fourth-order valence-electron chi connectivity index (χ4n) is 3.05. The lowest BCUT2D eigenvalue weighted by atomic mass is 9.76. The van der Waals surface area contributed by atoms with Crippen molar-refractivity contribution in [2.45, 2.75) is 11.8 Å². The van der Waals surface area contributed by atoms with Crippen LogP contribution in [-0.2, 0) is 10.2 Å². The van der Waals surface area contributed by atoms with Crippen molar-refractivity contribution in [1.82, 2.24) is 0 Å². The highest BCUT2D eigenvalue weighted by molar-refractivity contribution is 6.66. The van der Waals surface area contributed by atoms with Gasteiger partial charge in [0.2, 0.25) is 5.24 Å². The molecule has 0 unspecified atom stereocenters. The summed E-state index contributed by atoms with van der Waals surface area (Å²) < 4.78 is 0. The molecule has 3 rings (SSSR count). The highest BCUT2D eigenvalue weighted by Gasteiger charge is 2.47. The second kappa shape index (κ2) is 4.36. The molecule has 1 aliphatic rings. The van der Waals surface area contributed by atoms with E-state index in [0.29, 0.717) is 6.42 Å². The summed E-state index contributed by atoms with van der Waals surface area (Å²) in [5, 5.41) is -0.343. The van der Waals surface area contributed by atoms with Crippen LogP contribution in [0.4, 0.5) is 0 Å². The number of hydrogen-bond acceptors (Lipinski definition) is 1. The van der Waals surface area contributed by atoms with Crippen LogP contribution in [0.15, 0.2) is 61.2 Å². The van der Waals surface area contributed by atoms with Gasteiger partial charge in [-0.15, -0.1) is 6.58 Å². The monoisotopic (exact) mass is 268 g/mol. The van der Waals surface area contributed by atoms with Crippen LogP contribution in [0.5, 0.6) is 0 Å². The molecule has 19 heavy (non-hydrogen) atoms. The van der Waals surface area contributed by atoms with E-state index in [-0.39, 0.29) is 5.24 Å². The second-order valence-electron chi connectivity index (χ2n) is 4.76. The minimum Gasteiger partial charge on any atom is -0.280 e. The van der Waals surface area contributed by atoms with Crippen molar-refractivity contribution < 1.29 is 4.79 Å². The quantitative estimate of drug-likeness (QED) is 0.599. The molecule has 1 aliphatic carbocycles. The van der Waals surface area contributed by atoms with Crippen LogP contribution < -0.4 is 0 Å². The summed E-state index contributed by atoms with van der Waals surface area (Å²) in [5.74, 6) is 0. The number of hydrogen-bond donors (Lipinski definition) is 0. The first kappa shape index (κ1) is 12.2. The highest BCUT2D eigenvalue weighted by Crippen LogP contribution is 2.51. The Morgan fingerprint density at radius 3 is 1.95 bits per heavy atom. The minimum absolute atomic E-state index is 0.343.